The lowest BCUT2D eigenvalue weighted by Crippen LogP contribution is -2.10. The van der Waals surface area contributed by atoms with Crippen LogP contribution in [0.25, 0.3) is 16.0 Å². The van der Waals surface area contributed by atoms with Crippen molar-refractivity contribution in [1.82, 2.24) is 4.57 Å². The van der Waals surface area contributed by atoms with E-state index in [1.54, 1.807) is 24.7 Å². The predicted molar refractivity (Wildman–Crippen MR) is 109 cm³/mol. The molecule has 1 aromatic heterocycles. The Morgan fingerprint density at radius 1 is 1.18 bits per heavy atom. The van der Waals surface area contributed by atoms with Crippen molar-refractivity contribution in [3.05, 3.63) is 82.4 Å². The summed E-state index contributed by atoms with van der Waals surface area (Å²) in [6, 6.07) is 14.8. The molecule has 0 spiro atoms. The van der Waals surface area contributed by atoms with Gasteiger partial charge < -0.3 is 14.0 Å². The molecule has 0 aliphatic rings. The van der Waals surface area contributed by atoms with Gasteiger partial charge in [0.15, 0.2) is 0 Å². The maximum atomic E-state index is 12.4. The third-order valence-corrected chi connectivity index (χ3v) is 4.61. The molecule has 0 fully saturated rings. The Morgan fingerprint density at radius 3 is 2.54 bits per heavy atom. The van der Waals surface area contributed by atoms with Crippen molar-refractivity contribution in [1.29, 1.82) is 0 Å². The second-order valence-corrected chi connectivity index (χ2v) is 6.49. The van der Waals surface area contributed by atoms with Crippen LogP contribution in [0.15, 0.2) is 54.7 Å². The van der Waals surface area contributed by atoms with Crippen molar-refractivity contribution in [2.75, 3.05) is 6.61 Å². The number of halogens is 1. The lowest BCUT2D eigenvalue weighted by Gasteiger charge is -2.10. The van der Waals surface area contributed by atoms with E-state index in [0.717, 1.165) is 11.1 Å². The lowest BCUT2D eigenvalue weighted by molar-refractivity contribution is 0.0516. The van der Waals surface area contributed by atoms with Gasteiger partial charge in [0.2, 0.25) is 5.69 Å². The maximum absolute atomic E-state index is 12.4. The van der Waals surface area contributed by atoms with Gasteiger partial charge in [0.1, 0.15) is 18.1 Å². The minimum atomic E-state index is -0.450. The fraction of sp³-hybridized carbons (Fsp3) is 0.182. The van der Waals surface area contributed by atoms with Gasteiger partial charge in [-0.25, -0.2) is 9.64 Å². The molecular weight excluding hydrogens is 376 g/mol. The fourth-order valence-electron chi connectivity index (χ4n) is 2.92. The molecule has 0 radical (unpaired) electrons. The van der Waals surface area contributed by atoms with Crippen LogP contribution in [0.2, 0.25) is 5.02 Å². The number of esters is 1. The van der Waals surface area contributed by atoms with Crippen molar-refractivity contribution in [3.63, 3.8) is 0 Å². The molecule has 0 unspecified atom stereocenters. The van der Waals surface area contributed by atoms with E-state index in [4.69, 9.17) is 27.6 Å². The van der Waals surface area contributed by atoms with Crippen LogP contribution < -0.4 is 4.74 Å². The van der Waals surface area contributed by atoms with Crippen molar-refractivity contribution >= 4 is 23.3 Å². The summed E-state index contributed by atoms with van der Waals surface area (Å²) >= 11 is 6.15. The van der Waals surface area contributed by atoms with Crippen LogP contribution in [-0.4, -0.2) is 17.1 Å². The second kappa shape index (κ2) is 8.64. The summed E-state index contributed by atoms with van der Waals surface area (Å²) in [5, 5.41) is 0.657. The van der Waals surface area contributed by atoms with Gasteiger partial charge in [-0.3, -0.25) is 0 Å². The van der Waals surface area contributed by atoms with Crippen molar-refractivity contribution in [2.45, 2.75) is 13.5 Å². The largest absolute Gasteiger partial charge is 0.489 e. The van der Waals surface area contributed by atoms with Gasteiger partial charge >= 0.3 is 5.97 Å². The van der Waals surface area contributed by atoms with Crippen LogP contribution in [0.4, 0.5) is 5.69 Å². The third-order valence-electron chi connectivity index (χ3n) is 4.25. The topological polar surface area (TPSA) is 44.8 Å². The van der Waals surface area contributed by atoms with E-state index in [-0.39, 0.29) is 6.61 Å². The molecule has 3 aromatic rings. The Morgan fingerprint density at radius 2 is 1.89 bits per heavy atom. The van der Waals surface area contributed by atoms with E-state index in [1.165, 1.54) is 0 Å². The number of aromatic nitrogens is 1. The normalized spacial score (nSPS) is 10.4. The number of rotatable bonds is 6. The standard InChI is InChI=1S/C22H19ClN2O3/c1-4-27-22(26)21-20(19(24-2)13-25(21)3)15-9-11-17(12-10-15)28-14-16-7-5-6-8-18(16)23/h5-13H,4,14H2,1,3H3. The third kappa shape index (κ3) is 4.03. The van der Waals surface area contributed by atoms with E-state index < -0.39 is 5.97 Å². The minimum absolute atomic E-state index is 0.269. The first kappa shape index (κ1) is 19.5. The Bertz CT molecular complexity index is 1030. The molecule has 0 atom stereocenters. The molecule has 142 valence electrons. The highest BCUT2D eigenvalue weighted by molar-refractivity contribution is 6.31. The molecule has 0 aliphatic carbocycles. The molecule has 0 saturated carbocycles. The summed E-state index contributed by atoms with van der Waals surface area (Å²) in [6.07, 6.45) is 1.64. The van der Waals surface area contributed by atoms with Gasteiger partial charge in [-0.15, -0.1) is 0 Å². The summed E-state index contributed by atoms with van der Waals surface area (Å²) in [5.41, 5.74) is 2.97. The van der Waals surface area contributed by atoms with Gasteiger partial charge in [0.05, 0.1) is 13.2 Å². The maximum Gasteiger partial charge on any atom is 0.354 e. The van der Waals surface area contributed by atoms with Crippen molar-refractivity contribution in [2.24, 2.45) is 7.05 Å². The summed E-state index contributed by atoms with van der Waals surface area (Å²) in [7, 11) is 1.73. The highest BCUT2D eigenvalue weighted by Crippen LogP contribution is 2.36. The van der Waals surface area contributed by atoms with Crippen LogP contribution in [0, 0.1) is 6.57 Å². The highest BCUT2D eigenvalue weighted by Gasteiger charge is 2.22. The summed E-state index contributed by atoms with van der Waals surface area (Å²) in [4.78, 5) is 15.9. The van der Waals surface area contributed by atoms with Crippen molar-refractivity contribution in [3.8, 4) is 16.9 Å². The zero-order valence-corrected chi connectivity index (χ0v) is 16.4. The highest BCUT2D eigenvalue weighted by atomic mass is 35.5. The Labute approximate surface area is 168 Å². The number of ether oxygens (including phenoxy) is 2. The van der Waals surface area contributed by atoms with Crippen LogP contribution >= 0.6 is 11.6 Å². The van der Waals surface area contributed by atoms with Crippen LogP contribution in [0.5, 0.6) is 5.75 Å². The molecule has 0 aliphatic heterocycles. The van der Waals surface area contributed by atoms with Gasteiger partial charge in [0, 0.05) is 29.4 Å². The van der Waals surface area contributed by atoms with Gasteiger partial charge in [-0.1, -0.05) is 41.9 Å². The first-order valence-electron chi connectivity index (χ1n) is 8.75. The predicted octanol–water partition coefficient (Wildman–Crippen LogP) is 5.65. The average Bonchev–Trinajstić information content (AvgIpc) is 3.04. The number of hydrogen-bond acceptors (Lipinski definition) is 3. The van der Waals surface area contributed by atoms with E-state index in [0.29, 0.717) is 34.3 Å². The van der Waals surface area contributed by atoms with E-state index >= 15 is 0 Å². The molecule has 0 saturated heterocycles. The smallest absolute Gasteiger partial charge is 0.354 e. The van der Waals surface area contributed by atoms with Crippen molar-refractivity contribution < 1.29 is 14.3 Å². The van der Waals surface area contributed by atoms with Crippen LogP contribution in [0.3, 0.4) is 0 Å². The first-order chi connectivity index (χ1) is 13.5. The average molecular weight is 395 g/mol. The van der Waals surface area contributed by atoms with E-state index in [2.05, 4.69) is 4.85 Å². The van der Waals surface area contributed by atoms with E-state index in [9.17, 15) is 4.79 Å². The molecule has 1 heterocycles. The molecule has 0 amide bonds. The lowest BCUT2D eigenvalue weighted by atomic mass is 10.0. The summed E-state index contributed by atoms with van der Waals surface area (Å²) in [6.45, 7) is 9.81. The SMILES string of the molecule is [C-]#[N+]c1cn(C)c(C(=O)OCC)c1-c1ccc(OCc2ccccc2Cl)cc1. The minimum Gasteiger partial charge on any atom is -0.489 e. The monoisotopic (exact) mass is 394 g/mol. The van der Waals surface area contributed by atoms with Crippen LogP contribution in [-0.2, 0) is 18.4 Å². The number of hydrogen-bond donors (Lipinski definition) is 0. The molecular formula is C22H19ClN2O3. The van der Waals surface area contributed by atoms with Gasteiger partial charge in [-0.2, -0.15) is 0 Å². The van der Waals surface area contributed by atoms with Gasteiger partial charge in [-0.05, 0) is 30.7 Å². The molecule has 2 aromatic carbocycles. The zero-order chi connectivity index (χ0) is 20.1. The Hall–Kier alpha value is -3.23. The number of nitrogens with zero attached hydrogens (tertiary/aromatic N) is 2. The zero-order valence-electron chi connectivity index (χ0n) is 15.6. The summed E-state index contributed by atoms with van der Waals surface area (Å²) < 4.78 is 12.6. The van der Waals surface area contributed by atoms with Crippen LogP contribution in [0.1, 0.15) is 23.0 Å². The van der Waals surface area contributed by atoms with E-state index in [1.807, 2.05) is 48.5 Å². The molecule has 0 bridgehead atoms. The quantitative estimate of drug-likeness (QED) is 0.400. The molecule has 28 heavy (non-hydrogen) atoms. The Balaban J connectivity index is 1.86. The number of benzene rings is 2. The number of carbonyl (C=O) groups excluding carboxylic acids is 1. The Kier molecular flexibility index (Phi) is 6.03. The molecule has 3 rings (SSSR count). The summed E-state index contributed by atoms with van der Waals surface area (Å²) in [5.74, 6) is 0.218. The number of carbonyl (C=O) groups is 1. The first-order valence-corrected chi connectivity index (χ1v) is 9.13. The molecule has 6 heteroatoms. The molecule has 0 N–H and O–H groups in total. The number of aryl methyl sites for hydroxylation is 1. The molecule has 5 nitrogen and oxygen atoms in total. The van der Waals surface area contributed by atoms with Gasteiger partial charge in [0.25, 0.3) is 0 Å². The second-order valence-electron chi connectivity index (χ2n) is 6.09. The fourth-order valence-corrected chi connectivity index (χ4v) is 3.11.